The average Bonchev–Trinajstić information content (AvgIpc) is 3.34. The Balaban J connectivity index is 3.88. The molecule has 0 saturated heterocycles. The van der Waals surface area contributed by atoms with Crippen LogP contribution in [0.3, 0.4) is 0 Å². The lowest BCUT2D eigenvalue weighted by atomic mass is 10.0. The zero-order chi connectivity index (χ0) is 51.3. The lowest BCUT2D eigenvalue weighted by molar-refractivity contribution is -0.147. The highest BCUT2D eigenvalue weighted by Gasteiger charge is 2.28. The molecule has 0 bridgehead atoms. The number of hydrogen-bond donors (Lipinski definition) is 4. The predicted octanol–water partition coefficient (Wildman–Crippen LogP) is 15.8. The summed E-state index contributed by atoms with van der Waals surface area (Å²) in [5.41, 5.74) is 0. The molecule has 3 unspecified atom stereocenters. The fraction of sp³-hybridized carbons (Fsp3) is 0.707. The van der Waals surface area contributed by atoms with Crippen LogP contribution in [0.1, 0.15) is 232 Å². The number of ether oxygens (including phenoxy) is 1. The number of phosphoric ester groups is 1. The van der Waals surface area contributed by atoms with Gasteiger partial charge in [-0.15, -0.1) is 0 Å². The van der Waals surface area contributed by atoms with E-state index in [4.69, 9.17) is 13.8 Å². The summed E-state index contributed by atoms with van der Waals surface area (Å²) in [7, 11) is -4.78. The van der Waals surface area contributed by atoms with Gasteiger partial charge >= 0.3 is 19.8 Å². The summed E-state index contributed by atoms with van der Waals surface area (Å²) in [6.07, 6.45) is 66.2. The lowest BCUT2D eigenvalue weighted by Gasteiger charge is -2.18. The van der Waals surface area contributed by atoms with Gasteiger partial charge in [-0.2, -0.15) is 0 Å². The standard InChI is InChI=1S/C58H100NO10P/c1-3-5-7-9-11-13-15-17-19-21-23-25-27-29-31-33-35-37-39-41-43-45-47-49-56(61)59-55(58(63)64)53-69-70(65,66)68-52-54(60)51-67-57(62)50-48-46-44-42-40-38-36-34-32-30-28-26-24-22-20-18-16-14-12-10-8-6-4-2/h6,8,12,14,18,20,24,26,30,32,36,38,42,44,54-55,60H,3-5,7,9-11,13,15-17,19,21-23,25,27-29,31,33-35,37,39-41,43,45-53H2,1-2H3,(H,59,61)(H,63,64)(H,65,66)/b8-6-,14-12-,20-18-,26-24-,32-30-,38-36-,44-42-. The number of aliphatic hydroxyl groups is 1. The number of hydrogen-bond acceptors (Lipinski definition) is 8. The molecule has 0 fully saturated rings. The van der Waals surface area contributed by atoms with E-state index in [0.717, 1.165) is 64.2 Å². The van der Waals surface area contributed by atoms with Crippen molar-refractivity contribution < 1.29 is 47.8 Å². The number of carbonyl (C=O) groups excluding carboxylic acids is 2. The highest BCUT2D eigenvalue weighted by molar-refractivity contribution is 7.47. The van der Waals surface area contributed by atoms with Gasteiger partial charge in [0.25, 0.3) is 0 Å². The van der Waals surface area contributed by atoms with Crippen LogP contribution in [0.4, 0.5) is 0 Å². The molecule has 1 amide bonds. The van der Waals surface area contributed by atoms with Crippen molar-refractivity contribution in [1.82, 2.24) is 5.32 Å². The van der Waals surface area contributed by atoms with Crippen LogP contribution in [0.15, 0.2) is 85.1 Å². The Labute approximate surface area is 426 Å². The van der Waals surface area contributed by atoms with Crippen molar-refractivity contribution in [2.75, 3.05) is 19.8 Å². The number of nitrogens with one attached hydrogen (secondary N) is 1. The van der Waals surface area contributed by atoms with Crippen LogP contribution >= 0.6 is 7.82 Å². The first kappa shape index (κ1) is 66.7. The van der Waals surface area contributed by atoms with Crippen LogP contribution in [0, 0.1) is 0 Å². The van der Waals surface area contributed by atoms with Gasteiger partial charge in [0.15, 0.2) is 6.04 Å². The van der Waals surface area contributed by atoms with Gasteiger partial charge < -0.3 is 25.2 Å². The van der Waals surface area contributed by atoms with Crippen LogP contribution in [-0.2, 0) is 32.7 Å². The average molecular weight is 1000 g/mol. The van der Waals surface area contributed by atoms with Gasteiger partial charge in [0.05, 0.1) is 13.2 Å². The van der Waals surface area contributed by atoms with Crippen LogP contribution in [0.25, 0.3) is 0 Å². The fourth-order valence-electron chi connectivity index (χ4n) is 7.48. The first-order valence-corrected chi connectivity index (χ1v) is 29.1. The van der Waals surface area contributed by atoms with Crippen LogP contribution in [0.2, 0.25) is 0 Å². The molecule has 402 valence electrons. The van der Waals surface area contributed by atoms with E-state index in [9.17, 15) is 34.1 Å². The van der Waals surface area contributed by atoms with Gasteiger partial charge in [-0.05, 0) is 64.2 Å². The summed E-state index contributed by atoms with van der Waals surface area (Å²) in [5, 5.41) is 22.0. The van der Waals surface area contributed by atoms with Crippen molar-refractivity contribution in [1.29, 1.82) is 0 Å². The van der Waals surface area contributed by atoms with Crippen molar-refractivity contribution in [2.45, 2.75) is 244 Å². The van der Waals surface area contributed by atoms with Gasteiger partial charge in [0.1, 0.15) is 12.7 Å². The van der Waals surface area contributed by atoms with E-state index in [2.05, 4.69) is 92.1 Å². The molecule has 0 heterocycles. The summed E-state index contributed by atoms with van der Waals surface area (Å²) in [4.78, 5) is 46.2. The topological polar surface area (TPSA) is 169 Å². The number of aliphatic hydroxyl groups excluding tert-OH is 1. The molecule has 3 atom stereocenters. The molecule has 0 spiro atoms. The number of carbonyl (C=O) groups is 3. The Morgan fingerprint density at radius 1 is 0.471 bits per heavy atom. The maximum absolute atomic E-state index is 12.4. The molecule has 0 aliphatic rings. The van der Waals surface area contributed by atoms with Crippen molar-refractivity contribution in [2.24, 2.45) is 0 Å². The van der Waals surface area contributed by atoms with E-state index in [0.29, 0.717) is 19.3 Å². The number of allylic oxidation sites excluding steroid dienone is 14. The normalized spacial score (nSPS) is 14.1. The van der Waals surface area contributed by atoms with Gasteiger partial charge in [-0.3, -0.25) is 18.6 Å². The van der Waals surface area contributed by atoms with Gasteiger partial charge in [-0.25, -0.2) is 9.36 Å². The minimum absolute atomic E-state index is 0.140. The molecule has 0 radical (unpaired) electrons. The molecular weight excluding hydrogens is 902 g/mol. The van der Waals surface area contributed by atoms with Gasteiger partial charge in [0.2, 0.25) is 5.91 Å². The van der Waals surface area contributed by atoms with E-state index >= 15 is 0 Å². The molecule has 0 aromatic rings. The molecule has 11 nitrogen and oxygen atoms in total. The zero-order valence-electron chi connectivity index (χ0n) is 44.0. The molecular formula is C58H100NO10P. The van der Waals surface area contributed by atoms with E-state index in [1.807, 2.05) is 12.2 Å². The number of carboxylic acid groups (broad SMARTS) is 1. The van der Waals surface area contributed by atoms with Crippen molar-refractivity contribution in [3.05, 3.63) is 85.1 Å². The van der Waals surface area contributed by atoms with E-state index < -0.39 is 57.6 Å². The number of phosphoric acid groups is 1. The first-order chi connectivity index (χ1) is 34.1. The molecule has 0 aliphatic carbocycles. The zero-order valence-corrected chi connectivity index (χ0v) is 44.9. The molecule has 0 aromatic carbocycles. The van der Waals surface area contributed by atoms with Crippen LogP contribution in [-0.4, -0.2) is 64.9 Å². The maximum Gasteiger partial charge on any atom is 0.472 e. The number of unbranched alkanes of at least 4 members (excludes halogenated alkanes) is 23. The van der Waals surface area contributed by atoms with Gasteiger partial charge in [-0.1, -0.05) is 240 Å². The predicted molar refractivity (Wildman–Crippen MR) is 291 cm³/mol. The Morgan fingerprint density at radius 3 is 1.21 bits per heavy atom. The molecule has 4 N–H and O–H groups in total. The van der Waals surface area contributed by atoms with E-state index in [-0.39, 0.29) is 12.8 Å². The number of carboxylic acids is 1. The first-order valence-electron chi connectivity index (χ1n) is 27.6. The smallest absolute Gasteiger partial charge is 0.472 e. The van der Waals surface area contributed by atoms with E-state index in [1.54, 1.807) is 0 Å². The summed E-state index contributed by atoms with van der Waals surface area (Å²) in [6.45, 7) is 2.46. The van der Waals surface area contributed by atoms with Crippen molar-refractivity contribution >= 4 is 25.7 Å². The molecule has 0 aliphatic heterocycles. The molecule has 70 heavy (non-hydrogen) atoms. The second-order valence-corrected chi connectivity index (χ2v) is 19.9. The second kappa shape index (κ2) is 52.0. The number of amides is 1. The van der Waals surface area contributed by atoms with E-state index in [1.165, 1.54) is 122 Å². The van der Waals surface area contributed by atoms with Crippen molar-refractivity contribution in [3.63, 3.8) is 0 Å². The van der Waals surface area contributed by atoms with Crippen LogP contribution in [0.5, 0.6) is 0 Å². The van der Waals surface area contributed by atoms with Gasteiger partial charge in [0, 0.05) is 12.8 Å². The number of aliphatic carboxylic acids is 1. The summed E-state index contributed by atoms with van der Waals surface area (Å²) in [5.74, 6) is -2.43. The monoisotopic (exact) mass is 1000 g/mol. The van der Waals surface area contributed by atoms with Crippen molar-refractivity contribution in [3.8, 4) is 0 Å². The molecule has 0 aromatic heterocycles. The molecule has 12 heteroatoms. The summed E-state index contributed by atoms with van der Waals surface area (Å²) in [6, 6.07) is -1.56. The lowest BCUT2D eigenvalue weighted by Crippen LogP contribution is -2.43. The second-order valence-electron chi connectivity index (χ2n) is 18.4. The Kier molecular flexibility index (Phi) is 49.5. The number of rotatable bonds is 51. The summed E-state index contributed by atoms with van der Waals surface area (Å²) < 4.78 is 26.9. The fourth-order valence-corrected chi connectivity index (χ4v) is 8.26. The third-order valence-electron chi connectivity index (χ3n) is 11.7. The number of esters is 1. The quantitative estimate of drug-likeness (QED) is 0.0199. The van der Waals surface area contributed by atoms with Crippen LogP contribution < -0.4 is 5.32 Å². The Bertz CT molecular complexity index is 1500. The minimum atomic E-state index is -4.78. The Hall–Kier alpha value is -3.34. The third kappa shape index (κ3) is 51.0. The third-order valence-corrected chi connectivity index (χ3v) is 12.6. The maximum atomic E-state index is 12.4. The molecule has 0 rings (SSSR count). The highest BCUT2D eigenvalue weighted by Crippen LogP contribution is 2.43. The highest BCUT2D eigenvalue weighted by atomic mass is 31.2. The SMILES string of the molecule is CC/C=C\C/C=C\C/C=C\C/C=C\C/C=C\C/C=C\C/C=C\CCCC(=O)OCC(O)COP(=O)(O)OCC(NC(=O)CCCCCCCCCCCCCCCCCCCCCCCCC)C(=O)O. The summed E-state index contributed by atoms with van der Waals surface area (Å²) >= 11 is 0. The largest absolute Gasteiger partial charge is 0.480 e. The Morgan fingerprint density at radius 2 is 0.829 bits per heavy atom. The molecule has 0 saturated carbocycles. The minimum Gasteiger partial charge on any atom is -0.480 e.